The average Bonchev–Trinajstić information content (AvgIpc) is 1.66. The summed E-state index contributed by atoms with van der Waals surface area (Å²) < 4.78 is 234. The third-order valence-corrected chi connectivity index (χ3v) is 33.9. The number of rotatable bonds is 34. The van der Waals surface area contributed by atoms with Crippen molar-refractivity contribution >= 4 is 5.91 Å². The molecule has 788 valence electrons. The Balaban J connectivity index is 0.803. The topological polar surface area (TPSA) is 403 Å². The monoisotopic (exact) mass is 1960 g/mol. The molecule has 41 nitrogen and oxygen atoms in total. The molecule has 14 bridgehead atoms. The fraction of sp³-hybridized carbons (Fsp3) is 0.948. The molecule has 0 aromatic carbocycles. The Labute approximate surface area is 807 Å². The molecular formula is C96H162N4O37. The largest absolute Gasteiger partial charge is 0.393 e. The Bertz CT molecular complexity index is 3870. The number of aliphatic hydroxyl groups is 1. The van der Waals surface area contributed by atoms with E-state index in [0.717, 1.165) is 69.8 Å². The van der Waals surface area contributed by atoms with Gasteiger partial charge in [0.15, 0.2) is 44.0 Å². The van der Waals surface area contributed by atoms with E-state index in [9.17, 15) is 5.11 Å². The molecule has 5 saturated carbocycles. The molecule has 137 heavy (non-hydrogen) atoms. The number of carbonyl (C=O) groups is 1. The highest BCUT2D eigenvalue weighted by atomic mass is 16.8. The van der Waals surface area contributed by atoms with E-state index in [0.29, 0.717) is 23.4 Å². The van der Waals surface area contributed by atoms with Crippen molar-refractivity contribution in [3.63, 3.8) is 0 Å². The van der Waals surface area contributed by atoms with Crippen LogP contribution in [0.3, 0.4) is 0 Å². The fourth-order valence-corrected chi connectivity index (χ4v) is 27.3. The number of aliphatic hydroxyl groups excluding tert-OH is 1. The van der Waals surface area contributed by atoms with Gasteiger partial charge in [-0.05, 0) is 122 Å². The van der Waals surface area contributed by atoms with Crippen LogP contribution in [0.2, 0.25) is 0 Å². The van der Waals surface area contributed by atoms with Gasteiger partial charge in [0.25, 0.3) is 0 Å². The van der Waals surface area contributed by atoms with Crippen molar-refractivity contribution in [3.05, 3.63) is 24.0 Å². The summed E-state index contributed by atoms with van der Waals surface area (Å²) in [6.07, 6.45) is -27.8. The van der Waals surface area contributed by atoms with Gasteiger partial charge in [-0.1, -0.05) is 52.0 Å². The van der Waals surface area contributed by atoms with Gasteiger partial charge in [-0.15, -0.1) is 5.10 Å². The highest BCUT2D eigenvalue weighted by Gasteiger charge is 2.73. The molecule has 27 rings (SSSR count). The van der Waals surface area contributed by atoms with Gasteiger partial charge in [-0.3, -0.25) is 4.79 Å². The molecule has 21 saturated heterocycles. The normalized spacial score (nSPS) is 46.8. The van der Waals surface area contributed by atoms with E-state index < -0.39 is 220 Å². The molecule has 1 amide bonds. The minimum absolute atomic E-state index is 0.00967. The summed E-state index contributed by atoms with van der Waals surface area (Å²) in [4.78, 5) is 15.7. The Hall–Kier alpha value is -3.09. The smallest absolute Gasteiger partial charge is 0.226 e. The zero-order chi connectivity index (χ0) is 98.5. The summed E-state index contributed by atoms with van der Waals surface area (Å²) in [5.41, 5.74) is 1.01. The lowest BCUT2D eigenvalue weighted by molar-refractivity contribution is -0.404. The molecule has 0 spiro atoms. The molecule has 1 aromatic heterocycles. The molecule has 26 aliphatic rings. The number of methoxy groups -OCH3 is 20. The summed E-state index contributed by atoms with van der Waals surface area (Å²) >= 11 is 0. The summed E-state index contributed by atoms with van der Waals surface area (Å²) in [6, 6.07) is 0. The molecule has 1 aromatic rings. The lowest BCUT2D eigenvalue weighted by Gasteiger charge is -2.72. The molecule has 4 unspecified atom stereocenters. The molecule has 22 heterocycles. The third-order valence-electron chi connectivity index (χ3n) is 33.9. The van der Waals surface area contributed by atoms with Crippen LogP contribution in [-0.4, -0.2) is 435 Å². The number of carbonyl (C=O) groups excluding carboxylic acids is 1. The molecular weight excluding hydrogens is 1800 g/mol. The molecule has 5 aliphatic carbocycles. The van der Waals surface area contributed by atoms with Crippen LogP contribution in [0.15, 0.2) is 18.3 Å². The van der Waals surface area contributed by atoms with Crippen molar-refractivity contribution < 1.29 is 176 Å². The summed E-state index contributed by atoms with van der Waals surface area (Å²) in [7, 11) is 30.2. The summed E-state index contributed by atoms with van der Waals surface area (Å²) in [6.45, 7) is 18.3. The molecule has 45 atom stereocenters. The van der Waals surface area contributed by atoms with Crippen molar-refractivity contribution in [1.82, 2.24) is 20.3 Å². The Kier molecular flexibility index (Phi) is 38.3. The maximum absolute atomic E-state index is 15.7. The minimum Gasteiger partial charge on any atom is -0.393 e. The SMILES string of the molecule is C=C(C)[C@@H]1CC[C@]2(C(=O)NCc3cn(CO[C@@H]4[C@@H](OC)[C@H]5O[C@H]6[C@H](OC)[C@@H](OC)[C@@H](O[C@H]7[C@H](OC)[C@@H](OC)[C@@H](O[C@H]8[C@H](OC)[C@@H](OC)[C@@H](O[C@H]9[C@H](OC)[C@@H](OC)[C@@H](O[C@H]%10[C@H](OC)[C@@H](OC)[C@@H](O[C@H]%11[C@H](OC)[C@@H](OC)[C@@H](O[C@@H]4[C@@H](COC)O5)O[C@@H]%11COC)O[C@@H]%10COC)O[C@@H]9COC)O[C@@H]8COC)O[C@@H]7COC)O[C@@H]6COC)nn3)CC[C@]3(C)C(CCC4[C@@]5(C)CC[C@H](O)C(C)(C)C5CC[C@]43C)C12. The lowest BCUT2D eigenvalue weighted by Crippen LogP contribution is -2.69. The maximum Gasteiger partial charge on any atom is 0.226 e. The van der Waals surface area contributed by atoms with Crippen LogP contribution < -0.4 is 5.32 Å². The van der Waals surface area contributed by atoms with Gasteiger partial charge in [0.2, 0.25) is 5.91 Å². The number of aromatic nitrogens is 3. The van der Waals surface area contributed by atoms with Gasteiger partial charge in [0, 0.05) is 142 Å². The van der Waals surface area contributed by atoms with E-state index >= 15 is 4.79 Å². The van der Waals surface area contributed by atoms with Crippen LogP contribution in [0.5, 0.6) is 0 Å². The number of amides is 1. The molecule has 21 aliphatic heterocycles. The first-order valence-electron chi connectivity index (χ1n) is 48.6. The number of ether oxygens (including phenoxy) is 35. The first kappa shape index (κ1) is 110. The van der Waals surface area contributed by atoms with Crippen LogP contribution in [0.25, 0.3) is 0 Å². The van der Waals surface area contributed by atoms with Gasteiger partial charge in [0.1, 0.15) is 183 Å². The fourth-order valence-electron chi connectivity index (χ4n) is 27.3. The Morgan fingerprint density at radius 2 is 0.693 bits per heavy atom. The highest BCUT2D eigenvalue weighted by molar-refractivity contribution is 5.84. The van der Waals surface area contributed by atoms with E-state index in [1.54, 1.807) is 10.9 Å². The van der Waals surface area contributed by atoms with E-state index in [4.69, 9.17) is 166 Å². The van der Waals surface area contributed by atoms with Crippen molar-refractivity contribution in [2.24, 2.45) is 56.7 Å². The highest BCUT2D eigenvalue weighted by Crippen LogP contribution is 2.78. The van der Waals surface area contributed by atoms with Gasteiger partial charge < -0.3 is 176 Å². The van der Waals surface area contributed by atoms with Crippen molar-refractivity contribution in [1.29, 1.82) is 0 Å². The van der Waals surface area contributed by atoms with E-state index in [1.807, 2.05) is 0 Å². The van der Waals surface area contributed by atoms with Gasteiger partial charge >= 0.3 is 0 Å². The second kappa shape index (κ2) is 47.8. The Morgan fingerprint density at radius 1 is 0.380 bits per heavy atom. The zero-order valence-electron chi connectivity index (χ0n) is 85.4. The number of hydrogen-bond donors (Lipinski definition) is 2. The minimum atomic E-state index is -1.39. The van der Waals surface area contributed by atoms with E-state index in [2.05, 4.69) is 63.8 Å². The maximum atomic E-state index is 15.7. The number of hydrogen-bond acceptors (Lipinski definition) is 39. The molecule has 2 N–H and O–H groups in total. The summed E-state index contributed by atoms with van der Waals surface area (Å²) in [5.74, 6) is 1.60. The van der Waals surface area contributed by atoms with Crippen molar-refractivity contribution in [2.45, 2.75) is 340 Å². The van der Waals surface area contributed by atoms with E-state index in [1.165, 1.54) is 142 Å². The van der Waals surface area contributed by atoms with Gasteiger partial charge in [-0.2, -0.15) is 0 Å². The van der Waals surface area contributed by atoms with Crippen molar-refractivity contribution in [3.8, 4) is 0 Å². The number of allylic oxidation sites excluding steroid dienone is 1. The quantitative estimate of drug-likeness (QED) is 0.0878. The second-order valence-electron chi connectivity index (χ2n) is 40.7. The predicted molar refractivity (Wildman–Crippen MR) is 480 cm³/mol. The van der Waals surface area contributed by atoms with E-state index in [-0.39, 0.29) is 105 Å². The van der Waals surface area contributed by atoms with Crippen LogP contribution >= 0.6 is 0 Å². The van der Waals surface area contributed by atoms with Gasteiger partial charge in [0.05, 0.1) is 70.5 Å². The second-order valence-corrected chi connectivity index (χ2v) is 40.7. The Morgan fingerprint density at radius 3 is 1.00 bits per heavy atom. The zero-order valence-corrected chi connectivity index (χ0v) is 85.4. The average molecular weight is 1960 g/mol. The van der Waals surface area contributed by atoms with Crippen LogP contribution in [0.1, 0.15) is 111 Å². The van der Waals surface area contributed by atoms with Crippen LogP contribution in [0, 0.1) is 56.7 Å². The van der Waals surface area contributed by atoms with Crippen LogP contribution in [0.4, 0.5) is 0 Å². The molecule has 26 fully saturated rings. The lowest BCUT2D eigenvalue weighted by atomic mass is 9.32. The third kappa shape index (κ3) is 20.9. The predicted octanol–water partition coefficient (Wildman–Crippen LogP) is 4.76. The first-order valence-corrected chi connectivity index (χ1v) is 48.6. The number of nitrogens with one attached hydrogen (secondary N) is 1. The van der Waals surface area contributed by atoms with Crippen LogP contribution in [-0.2, 0) is 184 Å². The van der Waals surface area contributed by atoms with Gasteiger partial charge in [-0.25, -0.2) is 4.68 Å². The number of nitrogens with zero attached hydrogens (tertiary/aromatic N) is 3. The first-order chi connectivity index (χ1) is 66.0. The standard InChI is InChI=1S/C96H162N4O37/c1-48(2)50-30-35-96(37-36-94(6)51(62(50)96)28-29-60-93(5)33-32-61(101)92(3,4)59(93)31-34-95(60,94)7)91(102)97-38-49-39-100(99-98-49)47-123-76-69-58(46-109-14)130-90(83(76)122-27)136-68-57(45-108-13)128-88(81(120-25)75(68)115-20)134-66-55(43-106-11)126-86(79(118-23)73(66)113-18)132-64-53(41-104-9)124-84(77(116-21)71(64)111-16)131-63-52(40-103-8)125-85(78(117-22)70(63)110-15)133-65-54(42-105-10)127-87(80(119-24)72(65)112-17)135-67-56(44-107-12)129-89(137-69)82(121-26)74(67)114-19/h39,50-90,101H,1,28-38,40-47H2,2-27H3,(H,97,102)/t50-,51?,52+,53+,54+,55+,56+,57+,58+,59?,60?,61-,62?,63+,64+,65+,66+,67+,68+,69+,70-,71-,72-,73-,74-,75-,76-,77+,78+,79+,80+,81+,82+,83+,84+,85+,86+,87+,88+,89+,90+,93-,94+,95+,96-/m0/s1. The summed E-state index contributed by atoms with van der Waals surface area (Å²) in [5, 5.41) is 24.2. The number of fused-ring (bicyclic) bond motifs is 7. The molecule has 0 radical (unpaired) electrons. The van der Waals surface area contributed by atoms with Crippen molar-refractivity contribution in [2.75, 3.05) is 188 Å². The molecule has 41 heteroatoms.